The molecule has 1 rings (SSSR count). The highest BCUT2D eigenvalue weighted by atomic mass is 32.2. The molecule has 1 aromatic carbocycles. The number of aliphatic hydroxyl groups is 2. The Balaban J connectivity index is 3.12. The Morgan fingerprint density at radius 3 is 2.55 bits per heavy atom. The molecule has 0 amide bonds. The first-order valence-electron chi connectivity index (χ1n) is 6.14. The van der Waals surface area contributed by atoms with Crippen molar-refractivity contribution in [3.05, 3.63) is 29.3 Å². The third-order valence-electron chi connectivity index (χ3n) is 2.73. The third-order valence-corrected chi connectivity index (χ3v) is 4.55. The SMILES string of the molecule is Cc1cc(S(=O)(=O)N(C)CC(C)O)ccc1C#CCO. The van der Waals surface area contributed by atoms with Gasteiger partial charge in [-0.25, -0.2) is 8.42 Å². The molecule has 0 spiro atoms. The summed E-state index contributed by atoms with van der Waals surface area (Å²) < 4.78 is 25.7. The van der Waals surface area contributed by atoms with Gasteiger partial charge in [-0.1, -0.05) is 11.8 Å². The zero-order valence-corrected chi connectivity index (χ0v) is 12.6. The van der Waals surface area contributed by atoms with E-state index in [1.807, 2.05) is 0 Å². The van der Waals surface area contributed by atoms with Gasteiger partial charge in [-0.3, -0.25) is 0 Å². The standard InChI is InChI=1S/C14H19NO4S/c1-11-9-14(7-6-13(11)5-4-8-16)20(18,19)15(3)10-12(2)17/h6-7,9,12,16-17H,8,10H2,1-3H3. The van der Waals surface area contributed by atoms with Gasteiger partial charge < -0.3 is 10.2 Å². The molecule has 0 aliphatic carbocycles. The van der Waals surface area contributed by atoms with Gasteiger partial charge >= 0.3 is 0 Å². The van der Waals surface area contributed by atoms with Crippen molar-refractivity contribution < 1.29 is 18.6 Å². The number of aliphatic hydroxyl groups excluding tert-OH is 2. The molecule has 0 saturated carbocycles. The predicted molar refractivity (Wildman–Crippen MR) is 76.6 cm³/mol. The highest BCUT2D eigenvalue weighted by Crippen LogP contribution is 2.18. The van der Waals surface area contributed by atoms with E-state index in [0.717, 1.165) is 9.87 Å². The molecular formula is C14H19NO4S. The minimum absolute atomic E-state index is 0.0352. The average Bonchev–Trinajstić information content (AvgIpc) is 2.36. The van der Waals surface area contributed by atoms with Crippen molar-refractivity contribution >= 4 is 10.0 Å². The second kappa shape index (κ2) is 6.86. The lowest BCUT2D eigenvalue weighted by Crippen LogP contribution is -2.33. The Kier molecular flexibility index (Phi) is 5.72. The molecule has 0 aliphatic rings. The Morgan fingerprint density at radius 1 is 1.40 bits per heavy atom. The Hall–Kier alpha value is -1.39. The van der Waals surface area contributed by atoms with Crippen LogP contribution >= 0.6 is 0 Å². The van der Waals surface area contributed by atoms with Gasteiger partial charge in [-0.2, -0.15) is 4.31 Å². The minimum Gasteiger partial charge on any atom is -0.392 e. The number of likely N-dealkylation sites (N-methyl/N-ethyl adjacent to an activating group) is 1. The summed E-state index contributed by atoms with van der Waals surface area (Å²) in [5.74, 6) is 5.28. The van der Waals surface area contributed by atoms with E-state index in [4.69, 9.17) is 5.11 Å². The zero-order valence-electron chi connectivity index (χ0n) is 11.8. The molecule has 1 unspecified atom stereocenters. The predicted octanol–water partition coefficient (Wildman–Crippen LogP) is 0.340. The average molecular weight is 297 g/mol. The molecule has 1 aromatic rings. The molecule has 0 saturated heterocycles. The number of aryl methyl sites for hydroxylation is 1. The molecule has 2 N–H and O–H groups in total. The van der Waals surface area contributed by atoms with Crippen LogP contribution in [-0.4, -0.2) is 49.2 Å². The van der Waals surface area contributed by atoms with E-state index in [9.17, 15) is 13.5 Å². The van der Waals surface area contributed by atoms with Crippen molar-refractivity contribution in [3.8, 4) is 11.8 Å². The van der Waals surface area contributed by atoms with Crippen molar-refractivity contribution in [2.24, 2.45) is 0 Å². The number of benzene rings is 1. The monoisotopic (exact) mass is 297 g/mol. The zero-order chi connectivity index (χ0) is 15.3. The van der Waals surface area contributed by atoms with Crippen LogP contribution in [0.4, 0.5) is 0 Å². The maximum Gasteiger partial charge on any atom is 0.242 e. The molecule has 20 heavy (non-hydrogen) atoms. The Morgan fingerprint density at radius 2 is 2.05 bits per heavy atom. The maximum absolute atomic E-state index is 12.3. The first kappa shape index (κ1) is 16.7. The second-order valence-corrected chi connectivity index (χ2v) is 6.62. The summed E-state index contributed by atoms with van der Waals surface area (Å²) in [6.07, 6.45) is -0.731. The van der Waals surface area contributed by atoms with Gasteiger partial charge in [-0.15, -0.1) is 0 Å². The van der Waals surface area contributed by atoms with Crippen LogP contribution in [-0.2, 0) is 10.0 Å². The van der Waals surface area contributed by atoms with Gasteiger partial charge in [0.25, 0.3) is 0 Å². The van der Waals surface area contributed by atoms with Crippen LogP contribution in [0.2, 0.25) is 0 Å². The van der Waals surface area contributed by atoms with E-state index in [2.05, 4.69) is 11.8 Å². The van der Waals surface area contributed by atoms with Gasteiger partial charge in [0.2, 0.25) is 10.0 Å². The largest absolute Gasteiger partial charge is 0.392 e. The van der Waals surface area contributed by atoms with E-state index in [-0.39, 0.29) is 18.0 Å². The number of rotatable bonds is 4. The lowest BCUT2D eigenvalue weighted by atomic mass is 10.1. The smallest absolute Gasteiger partial charge is 0.242 e. The minimum atomic E-state index is -3.62. The number of nitrogens with zero attached hydrogens (tertiary/aromatic N) is 1. The van der Waals surface area contributed by atoms with E-state index in [0.29, 0.717) is 5.56 Å². The van der Waals surface area contributed by atoms with Crippen molar-refractivity contribution in [3.63, 3.8) is 0 Å². The summed E-state index contributed by atoms with van der Waals surface area (Å²) in [5, 5.41) is 17.9. The first-order chi connectivity index (χ1) is 9.28. The molecule has 0 aromatic heterocycles. The van der Waals surface area contributed by atoms with Gasteiger partial charge in [0.15, 0.2) is 0 Å². The van der Waals surface area contributed by atoms with Gasteiger partial charge in [0, 0.05) is 19.2 Å². The summed E-state index contributed by atoms with van der Waals surface area (Å²) in [5.41, 5.74) is 1.40. The van der Waals surface area contributed by atoms with Crippen molar-refractivity contribution in [2.75, 3.05) is 20.2 Å². The van der Waals surface area contributed by atoms with Crippen LogP contribution in [0.5, 0.6) is 0 Å². The van der Waals surface area contributed by atoms with Gasteiger partial charge in [0.1, 0.15) is 6.61 Å². The molecule has 6 heteroatoms. The third kappa shape index (κ3) is 4.05. The van der Waals surface area contributed by atoms with E-state index < -0.39 is 16.1 Å². The second-order valence-electron chi connectivity index (χ2n) is 4.57. The normalized spacial score (nSPS) is 12.9. The van der Waals surface area contributed by atoms with Crippen molar-refractivity contribution in [1.82, 2.24) is 4.31 Å². The molecule has 0 aliphatic heterocycles. The summed E-state index contributed by atoms with van der Waals surface area (Å²) >= 11 is 0. The van der Waals surface area contributed by atoms with Crippen molar-refractivity contribution in [1.29, 1.82) is 0 Å². The molecule has 0 radical (unpaired) electrons. The maximum atomic E-state index is 12.3. The lowest BCUT2D eigenvalue weighted by molar-refractivity contribution is 0.171. The fourth-order valence-corrected chi connectivity index (χ4v) is 3.06. The first-order valence-corrected chi connectivity index (χ1v) is 7.58. The summed E-state index contributed by atoms with van der Waals surface area (Å²) in [7, 11) is -2.19. The Labute approximate surface area is 119 Å². The van der Waals surface area contributed by atoms with E-state index >= 15 is 0 Å². The van der Waals surface area contributed by atoms with Crippen LogP contribution in [0.25, 0.3) is 0 Å². The number of hydrogen-bond acceptors (Lipinski definition) is 4. The highest BCUT2D eigenvalue weighted by molar-refractivity contribution is 7.89. The summed E-state index contributed by atoms with van der Waals surface area (Å²) in [6.45, 7) is 3.09. The quantitative estimate of drug-likeness (QED) is 0.786. The van der Waals surface area contributed by atoms with Crippen LogP contribution in [0.1, 0.15) is 18.1 Å². The lowest BCUT2D eigenvalue weighted by Gasteiger charge is -2.19. The molecule has 0 fully saturated rings. The molecule has 5 nitrogen and oxygen atoms in total. The van der Waals surface area contributed by atoms with Crippen LogP contribution < -0.4 is 0 Å². The van der Waals surface area contributed by atoms with E-state index in [1.165, 1.54) is 26.1 Å². The summed E-state index contributed by atoms with van der Waals surface area (Å²) in [6, 6.07) is 4.62. The van der Waals surface area contributed by atoms with Crippen LogP contribution in [0.3, 0.4) is 0 Å². The molecule has 0 heterocycles. The van der Waals surface area contributed by atoms with Crippen molar-refractivity contribution in [2.45, 2.75) is 24.8 Å². The Bertz CT molecular complexity index is 626. The number of hydrogen-bond donors (Lipinski definition) is 2. The summed E-state index contributed by atoms with van der Waals surface area (Å²) in [4.78, 5) is 0.160. The van der Waals surface area contributed by atoms with Crippen LogP contribution in [0, 0.1) is 18.8 Å². The van der Waals surface area contributed by atoms with Gasteiger partial charge in [0.05, 0.1) is 11.0 Å². The van der Waals surface area contributed by atoms with Gasteiger partial charge in [-0.05, 0) is 37.6 Å². The molecule has 1 atom stereocenters. The molecule has 0 bridgehead atoms. The fourth-order valence-electron chi connectivity index (χ4n) is 1.72. The molecule has 110 valence electrons. The molecular weight excluding hydrogens is 278 g/mol. The number of sulfonamides is 1. The topological polar surface area (TPSA) is 77.8 Å². The highest BCUT2D eigenvalue weighted by Gasteiger charge is 2.22. The van der Waals surface area contributed by atoms with E-state index in [1.54, 1.807) is 13.0 Å². The van der Waals surface area contributed by atoms with Crippen LogP contribution in [0.15, 0.2) is 23.1 Å². The fraction of sp³-hybridized carbons (Fsp3) is 0.429.